The summed E-state index contributed by atoms with van der Waals surface area (Å²) in [6, 6.07) is 7.31. The quantitative estimate of drug-likeness (QED) is 0.448. The first kappa shape index (κ1) is 17.6. The van der Waals surface area contributed by atoms with Gasteiger partial charge in [0.05, 0.1) is 11.5 Å². The van der Waals surface area contributed by atoms with E-state index in [1.807, 2.05) is 6.92 Å². The fourth-order valence-electron chi connectivity index (χ4n) is 4.00. The highest BCUT2D eigenvalue weighted by Gasteiger charge is 2.60. The van der Waals surface area contributed by atoms with Crippen LogP contribution in [-0.2, 0) is 14.3 Å². The molecular weight excluding hydrogens is 322 g/mol. The predicted octanol–water partition coefficient (Wildman–Crippen LogP) is 3.52. The zero-order chi connectivity index (χ0) is 17.5. The fraction of sp³-hybridized carbons (Fsp3) is 0.579. The number of allylic oxidation sites excluding steroid dienone is 1. The first-order chi connectivity index (χ1) is 11.2. The van der Waals surface area contributed by atoms with Crippen molar-refractivity contribution < 1.29 is 12.6 Å². The fourth-order valence-corrected chi connectivity index (χ4v) is 4.90. The van der Waals surface area contributed by atoms with Gasteiger partial charge in [0.25, 0.3) is 10.1 Å². The Morgan fingerprint density at radius 2 is 2.04 bits per heavy atom. The summed E-state index contributed by atoms with van der Waals surface area (Å²) in [6.45, 7) is 11.3. The third-order valence-electron chi connectivity index (χ3n) is 5.77. The number of benzene rings is 1. The molecule has 2 fully saturated rings. The van der Waals surface area contributed by atoms with E-state index in [1.54, 1.807) is 24.3 Å². The van der Waals surface area contributed by atoms with Crippen molar-refractivity contribution in [3.05, 3.63) is 42.0 Å². The molecule has 4 atom stereocenters. The van der Waals surface area contributed by atoms with Crippen LogP contribution >= 0.6 is 0 Å². The van der Waals surface area contributed by atoms with Gasteiger partial charge in [-0.25, -0.2) is 0 Å². The first-order valence-corrected chi connectivity index (χ1v) is 10.0. The molecule has 4 nitrogen and oxygen atoms in total. The lowest BCUT2D eigenvalue weighted by Gasteiger charge is -2.23. The second-order valence-electron chi connectivity index (χ2n) is 7.47. The summed E-state index contributed by atoms with van der Waals surface area (Å²) in [6.07, 6.45) is 3.47. The molecule has 1 aromatic carbocycles. The Morgan fingerprint density at radius 3 is 2.67 bits per heavy atom. The minimum absolute atomic E-state index is 0.208. The number of likely N-dealkylation sites (tertiary alicyclic amines) is 1. The molecule has 0 radical (unpaired) electrons. The molecule has 24 heavy (non-hydrogen) atoms. The van der Waals surface area contributed by atoms with Gasteiger partial charge in [0.1, 0.15) is 0 Å². The Balaban J connectivity index is 1.54. The SMILES string of the molecule is C=C(C)[C@H]1CC[C@@]2(C)[C@@H](C1)N2CCOS(=O)(=O)c1ccc(C)cc1. The number of hydrogen-bond donors (Lipinski definition) is 0. The smallest absolute Gasteiger partial charge is 0.289 e. The molecular formula is C19H27NO3S. The van der Waals surface area contributed by atoms with Crippen LogP contribution in [0.1, 0.15) is 38.7 Å². The molecule has 1 saturated heterocycles. The molecule has 1 unspecified atom stereocenters. The average Bonchev–Trinajstić information content (AvgIpc) is 3.11. The minimum Gasteiger partial charge on any atom is -0.289 e. The van der Waals surface area contributed by atoms with Crippen LogP contribution in [-0.4, -0.2) is 38.1 Å². The highest BCUT2D eigenvalue weighted by atomic mass is 32.2. The van der Waals surface area contributed by atoms with Gasteiger partial charge in [0, 0.05) is 18.1 Å². The van der Waals surface area contributed by atoms with Crippen molar-refractivity contribution in [2.75, 3.05) is 13.2 Å². The second kappa shape index (κ2) is 6.28. The Bertz CT molecular complexity index is 725. The van der Waals surface area contributed by atoms with Gasteiger partial charge in [-0.05, 0) is 58.1 Å². The molecule has 1 saturated carbocycles. The van der Waals surface area contributed by atoms with Crippen LogP contribution in [0.3, 0.4) is 0 Å². The molecule has 5 heteroatoms. The van der Waals surface area contributed by atoms with E-state index in [2.05, 4.69) is 25.3 Å². The summed E-state index contributed by atoms with van der Waals surface area (Å²) < 4.78 is 29.7. The van der Waals surface area contributed by atoms with Gasteiger partial charge in [-0.3, -0.25) is 9.08 Å². The third kappa shape index (κ3) is 3.30. The number of nitrogens with zero attached hydrogens (tertiary/aromatic N) is 1. The van der Waals surface area contributed by atoms with E-state index >= 15 is 0 Å². The van der Waals surface area contributed by atoms with Crippen LogP contribution in [0.2, 0.25) is 0 Å². The number of fused-ring (bicyclic) bond motifs is 1. The Morgan fingerprint density at radius 1 is 1.38 bits per heavy atom. The van der Waals surface area contributed by atoms with Crippen LogP contribution in [0.4, 0.5) is 0 Å². The lowest BCUT2D eigenvalue weighted by molar-refractivity contribution is 0.272. The molecule has 1 aliphatic heterocycles. The summed E-state index contributed by atoms with van der Waals surface area (Å²) in [4.78, 5) is 2.62. The Kier molecular flexibility index (Phi) is 4.62. The molecule has 1 aliphatic carbocycles. The molecule has 132 valence electrons. The highest BCUT2D eigenvalue weighted by Crippen LogP contribution is 2.53. The van der Waals surface area contributed by atoms with E-state index in [9.17, 15) is 8.42 Å². The number of aryl methyl sites for hydroxylation is 1. The molecule has 1 heterocycles. The topological polar surface area (TPSA) is 46.4 Å². The van der Waals surface area contributed by atoms with Crippen LogP contribution in [0, 0.1) is 12.8 Å². The zero-order valence-electron chi connectivity index (χ0n) is 14.8. The molecule has 1 aromatic rings. The van der Waals surface area contributed by atoms with Crippen LogP contribution in [0.25, 0.3) is 0 Å². The number of rotatable bonds is 6. The van der Waals surface area contributed by atoms with Crippen molar-refractivity contribution in [3.8, 4) is 0 Å². The molecule has 0 spiro atoms. The summed E-state index contributed by atoms with van der Waals surface area (Å²) in [5.74, 6) is 0.602. The van der Waals surface area contributed by atoms with Crippen molar-refractivity contribution >= 4 is 10.1 Å². The van der Waals surface area contributed by atoms with E-state index in [-0.39, 0.29) is 17.0 Å². The van der Waals surface area contributed by atoms with Crippen molar-refractivity contribution in [3.63, 3.8) is 0 Å². The van der Waals surface area contributed by atoms with Crippen molar-refractivity contribution in [1.29, 1.82) is 0 Å². The zero-order valence-corrected chi connectivity index (χ0v) is 15.6. The molecule has 0 N–H and O–H groups in total. The summed E-state index contributed by atoms with van der Waals surface area (Å²) in [5.41, 5.74) is 2.52. The monoisotopic (exact) mass is 349 g/mol. The summed E-state index contributed by atoms with van der Waals surface area (Å²) in [5, 5.41) is 0. The van der Waals surface area contributed by atoms with E-state index in [1.165, 1.54) is 12.0 Å². The Hall–Kier alpha value is -1.17. The largest absolute Gasteiger partial charge is 0.297 e. The maximum atomic E-state index is 12.2. The van der Waals surface area contributed by atoms with Gasteiger partial charge >= 0.3 is 0 Å². The molecule has 3 rings (SSSR count). The van der Waals surface area contributed by atoms with Gasteiger partial charge in [-0.15, -0.1) is 0 Å². The average molecular weight is 349 g/mol. The van der Waals surface area contributed by atoms with E-state index < -0.39 is 10.1 Å². The van der Waals surface area contributed by atoms with Crippen LogP contribution < -0.4 is 0 Å². The minimum atomic E-state index is -3.66. The van der Waals surface area contributed by atoms with Gasteiger partial charge in [-0.1, -0.05) is 29.8 Å². The predicted molar refractivity (Wildman–Crippen MR) is 95.4 cm³/mol. The molecule has 2 aliphatic rings. The molecule has 0 bridgehead atoms. The summed E-state index contributed by atoms with van der Waals surface area (Å²) in [7, 11) is -3.66. The molecule has 0 amide bonds. The first-order valence-electron chi connectivity index (χ1n) is 8.62. The lowest BCUT2D eigenvalue weighted by Crippen LogP contribution is -2.22. The molecule has 0 aromatic heterocycles. The normalized spacial score (nSPS) is 32.2. The summed E-state index contributed by atoms with van der Waals surface area (Å²) >= 11 is 0. The maximum Gasteiger partial charge on any atom is 0.297 e. The van der Waals surface area contributed by atoms with Crippen LogP contribution in [0.5, 0.6) is 0 Å². The van der Waals surface area contributed by atoms with Crippen molar-refractivity contribution in [2.45, 2.75) is 56.5 Å². The maximum absolute atomic E-state index is 12.2. The van der Waals surface area contributed by atoms with Gasteiger partial charge in [0.15, 0.2) is 0 Å². The number of hydrogen-bond acceptors (Lipinski definition) is 4. The van der Waals surface area contributed by atoms with E-state index in [0.29, 0.717) is 18.5 Å². The Labute approximate surface area is 145 Å². The van der Waals surface area contributed by atoms with Gasteiger partial charge in [-0.2, -0.15) is 8.42 Å². The standard InChI is InChI=1S/C19H27NO3S/c1-14(2)16-9-10-19(4)18(13-16)20(19)11-12-23-24(21,22)17-7-5-15(3)6-8-17/h5-8,16,18H,1,9-13H2,2-4H3/t16-,18+,19-,20?/m0/s1. The van der Waals surface area contributed by atoms with Crippen molar-refractivity contribution in [1.82, 2.24) is 4.90 Å². The lowest BCUT2D eigenvalue weighted by atomic mass is 9.80. The van der Waals surface area contributed by atoms with Crippen LogP contribution in [0.15, 0.2) is 41.3 Å². The van der Waals surface area contributed by atoms with Gasteiger partial charge < -0.3 is 0 Å². The van der Waals surface area contributed by atoms with Crippen molar-refractivity contribution in [2.24, 2.45) is 5.92 Å². The second-order valence-corrected chi connectivity index (χ2v) is 9.09. The van der Waals surface area contributed by atoms with Gasteiger partial charge in [0.2, 0.25) is 0 Å². The van der Waals surface area contributed by atoms with E-state index in [0.717, 1.165) is 18.4 Å². The third-order valence-corrected chi connectivity index (χ3v) is 7.09. The highest BCUT2D eigenvalue weighted by molar-refractivity contribution is 7.86. The van der Waals surface area contributed by atoms with E-state index in [4.69, 9.17) is 4.18 Å².